The second-order valence-corrected chi connectivity index (χ2v) is 7.07. The molecular weight excluding hydrogens is 459 g/mol. The zero-order chi connectivity index (χ0) is 20.0. The van der Waals surface area contributed by atoms with Crippen LogP contribution in [-0.2, 0) is 0 Å². The normalized spacial score (nSPS) is 11.2. The molecular formula is C20H19IN2O4. The predicted octanol–water partition coefficient (Wildman–Crippen LogP) is 5.45. The van der Waals surface area contributed by atoms with Crippen LogP contribution in [0.3, 0.4) is 0 Å². The van der Waals surface area contributed by atoms with Crippen molar-refractivity contribution < 1.29 is 14.4 Å². The SMILES string of the molecule is CCOc1cc(/C=C(/C#N)c2ccc([N+](=O)[O-])cc2)cc(I)c1OC(C)C. The molecule has 0 saturated heterocycles. The first-order chi connectivity index (χ1) is 12.8. The predicted molar refractivity (Wildman–Crippen MR) is 113 cm³/mol. The zero-order valence-electron chi connectivity index (χ0n) is 15.2. The number of nitrogens with zero attached hydrogens (tertiary/aromatic N) is 2. The Morgan fingerprint density at radius 3 is 2.52 bits per heavy atom. The number of ether oxygens (including phenoxy) is 2. The minimum absolute atomic E-state index is 0.00823. The zero-order valence-corrected chi connectivity index (χ0v) is 17.4. The quantitative estimate of drug-likeness (QED) is 0.174. The van der Waals surface area contributed by atoms with Gasteiger partial charge >= 0.3 is 0 Å². The van der Waals surface area contributed by atoms with Crippen molar-refractivity contribution in [1.82, 2.24) is 0 Å². The van der Waals surface area contributed by atoms with Gasteiger partial charge in [0.15, 0.2) is 11.5 Å². The summed E-state index contributed by atoms with van der Waals surface area (Å²) < 4.78 is 12.4. The average molecular weight is 478 g/mol. The maximum atomic E-state index is 10.8. The first-order valence-electron chi connectivity index (χ1n) is 8.35. The Hall–Kier alpha value is -2.60. The summed E-state index contributed by atoms with van der Waals surface area (Å²) >= 11 is 2.18. The topological polar surface area (TPSA) is 85.4 Å². The van der Waals surface area contributed by atoms with Gasteiger partial charge in [0, 0.05) is 12.1 Å². The summed E-state index contributed by atoms with van der Waals surface area (Å²) in [6, 6.07) is 11.8. The van der Waals surface area contributed by atoms with Gasteiger partial charge in [0.25, 0.3) is 5.69 Å². The Morgan fingerprint density at radius 2 is 2.00 bits per heavy atom. The fourth-order valence-corrected chi connectivity index (χ4v) is 3.15. The van der Waals surface area contributed by atoms with Crippen molar-refractivity contribution in [2.45, 2.75) is 26.9 Å². The van der Waals surface area contributed by atoms with Crippen LogP contribution in [0.4, 0.5) is 5.69 Å². The molecule has 0 unspecified atom stereocenters. The summed E-state index contributed by atoms with van der Waals surface area (Å²) in [7, 11) is 0. The number of rotatable bonds is 7. The van der Waals surface area contributed by atoms with E-state index in [2.05, 4.69) is 28.7 Å². The molecule has 2 aromatic carbocycles. The van der Waals surface area contributed by atoms with Crippen molar-refractivity contribution in [3.05, 3.63) is 61.2 Å². The van der Waals surface area contributed by atoms with Gasteiger partial charge in [0.2, 0.25) is 0 Å². The highest BCUT2D eigenvalue weighted by Gasteiger charge is 2.14. The maximum absolute atomic E-state index is 10.8. The van der Waals surface area contributed by atoms with Gasteiger partial charge < -0.3 is 9.47 Å². The molecule has 6 nitrogen and oxygen atoms in total. The van der Waals surface area contributed by atoms with Crippen molar-refractivity contribution >= 4 is 39.9 Å². The Labute approximate surface area is 171 Å². The molecule has 140 valence electrons. The fraction of sp³-hybridized carbons (Fsp3) is 0.250. The molecule has 0 amide bonds. The Kier molecular flexibility index (Phi) is 7.19. The number of allylic oxidation sites excluding steroid dienone is 1. The molecule has 0 aromatic heterocycles. The van der Waals surface area contributed by atoms with E-state index in [0.717, 1.165) is 9.13 Å². The molecule has 0 spiro atoms. The minimum Gasteiger partial charge on any atom is -0.490 e. The Morgan fingerprint density at radius 1 is 1.33 bits per heavy atom. The summed E-state index contributed by atoms with van der Waals surface area (Å²) in [4.78, 5) is 10.3. The number of hydrogen-bond donors (Lipinski definition) is 0. The molecule has 0 N–H and O–H groups in total. The molecule has 7 heteroatoms. The molecule has 0 atom stereocenters. The molecule has 0 aliphatic carbocycles. The number of nitriles is 1. The lowest BCUT2D eigenvalue weighted by Crippen LogP contribution is -2.09. The second kappa shape index (κ2) is 9.37. The van der Waals surface area contributed by atoms with Gasteiger partial charge in [-0.15, -0.1) is 0 Å². The Bertz CT molecular complexity index is 899. The number of benzene rings is 2. The fourth-order valence-electron chi connectivity index (χ4n) is 2.39. The second-order valence-electron chi connectivity index (χ2n) is 5.90. The van der Waals surface area contributed by atoms with E-state index in [0.29, 0.717) is 29.2 Å². The van der Waals surface area contributed by atoms with E-state index in [1.807, 2.05) is 32.9 Å². The smallest absolute Gasteiger partial charge is 0.269 e. The summed E-state index contributed by atoms with van der Waals surface area (Å²) in [5, 5.41) is 20.3. The van der Waals surface area contributed by atoms with Gasteiger partial charge in [-0.1, -0.05) is 0 Å². The standard InChI is InChI=1S/C20H19IN2O4/c1-4-26-19-11-14(10-18(21)20(19)27-13(2)3)9-16(12-22)15-5-7-17(8-6-15)23(24)25/h5-11,13H,4H2,1-3H3/b16-9-. The largest absolute Gasteiger partial charge is 0.490 e. The average Bonchev–Trinajstić information content (AvgIpc) is 2.62. The first-order valence-corrected chi connectivity index (χ1v) is 9.43. The van der Waals surface area contributed by atoms with Gasteiger partial charge in [-0.05, 0) is 84.8 Å². The highest BCUT2D eigenvalue weighted by Crippen LogP contribution is 2.36. The van der Waals surface area contributed by atoms with E-state index in [-0.39, 0.29) is 11.8 Å². The first kappa shape index (κ1) is 20.7. The molecule has 0 fully saturated rings. The van der Waals surface area contributed by atoms with E-state index >= 15 is 0 Å². The lowest BCUT2D eigenvalue weighted by molar-refractivity contribution is -0.384. The van der Waals surface area contributed by atoms with Crippen molar-refractivity contribution in [3.8, 4) is 17.6 Å². The van der Waals surface area contributed by atoms with Gasteiger partial charge in [-0.2, -0.15) is 5.26 Å². The van der Waals surface area contributed by atoms with Crippen LogP contribution in [0.1, 0.15) is 31.9 Å². The molecule has 27 heavy (non-hydrogen) atoms. The number of hydrogen-bond acceptors (Lipinski definition) is 5. The third-order valence-corrected chi connectivity index (χ3v) is 4.31. The maximum Gasteiger partial charge on any atom is 0.269 e. The van der Waals surface area contributed by atoms with Gasteiger partial charge in [-0.25, -0.2) is 0 Å². The highest BCUT2D eigenvalue weighted by atomic mass is 127. The van der Waals surface area contributed by atoms with Gasteiger partial charge in [0.1, 0.15) is 0 Å². The van der Waals surface area contributed by atoms with E-state index in [4.69, 9.17) is 9.47 Å². The summed E-state index contributed by atoms with van der Waals surface area (Å²) in [6.07, 6.45) is 1.74. The highest BCUT2D eigenvalue weighted by molar-refractivity contribution is 14.1. The molecule has 0 heterocycles. The van der Waals surface area contributed by atoms with Crippen LogP contribution in [0.15, 0.2) is 36.4 Å². The van der Waals surface area contributed by atoms with Crippen molar-refractivity contribution in [1.29, 1.82) is 5.26 Å². The lowest BCUT2D eigenvalue weighted by Gasteiger charge is -2.17. The van der Waals surface area contributed by atoms with Crippen LogP contribution >= 0.6 is 22.6 Å². The third kappa shape index (κ3) is 5.44. The summed E-state index contributed by atoms with van der Waals surface area (Å²) in [5.74, 6) is 1.30. The van der Waals surface area contributed by atoms with Gasteiger partial charge in [0.05, 0.1) is 32.8 Å². The van der Waals surface area contributed by atoms with E-state index in [1.165, 1.54) is 12.1 Å². The van der Waals surface area contributed by atoms with E-state index in [9.17, 15) is 15.4 Å². The van der Waals surface area contributed by atoms with Crippen molar-refractivity contribution in [3.63, 3.8) is 0 Å². The van der Waals surface area contributed by atoms with Crippen LogP contribution in [-0.4, -0.2) is 17.6 Å². The molecule has 2 rings (SSSR count). The Balaban J connectivity index is 2.45. The van der Waals surface area contributed by atoms with Crippen molar-refractivity contribution in [2.24, 2.45) is 0 Å². The van der Waals surface area contributed by atoms with Crippen LogP contribution in [0.2, 0.25) is 0 Å². The number of nitro benzene ring substituents is 1. The summed E-state index contributed by atoms with van der Waals surface area (Å²) in [5.41, 5.74) is 1.78. The van der Waals surface area contributed by atoms with Gasteiger partial charge in [-0.3, -0.25) is 10.1 Å². The van der Waals surface area contributed by atoms with Crippen LogP contribution < -0.4 is 9.47 Å². The monoisotopic (exact) mass is 478 g/mol. The molecule has 0 saturated carbocycles. The van der Waals surface area contributed by atoms with Crippen molar-refractivity contribution in [2.75, 3.05) is 6.61 Å². The minimum atomic E-state index is -0.469. The summed E-state index contributed by atoms with van der Waals surface area (Å²) in [6.45, 7) is 6.28. The van der Waals surface area contributed by atoms with Crippen LogP contribution in [0.5, 0.6) is 11.5 Å². The number of halogens is 1. The molecule has 0 bridgehead atoms. The molecule has 0 radical (unpaired) electrons. The van der Waals surface area contributed by atoms with E-state index in [1.54, 1.807) is 18.2 Å². The van der Waals surface area contributed by atoms with E-state index < -0.39 is 4.92 Å². The number of nitro groups is 1. The number of non-ortho nitro benzene ring substituents is 1. The third-order valence-electron chi connectivity index (χ3n) is 3.51. The molecule has 2 aromatic rings. The lowest BCUT2D eigenvalue weighted by atomic mass is 10.0. The van der Waals surface area contributed by atoms with Crippen LogP contribution in [0, 0.1) is 25.0 Å². The molecule has 0 aliphatic rings. The molecule has 0 aliphatic heterocycles. The van der Waals surface area contributed by atoms with Crippen LogP contribution in [0.25, 0.3) is 11.6 Å².